The molecule has 1 unspecified atom stereocenters. The van der Waals surface area contributed by atoms with Crippen molar-refractivity contribution < 1.29 is 9.59 Å². The number of carbonyl (C=O) groups is 2. The molecule has 2 amide bonds. The maximum absolute atomic E-state index is 13.3. The average Bonchev–Trinajstić information content (AvgIpc) is 3.50. The van der Waals surface area contributed by atoms with Gasteiger partial charge in [-0.15, -0.1) is 16.8 Å². The van der Waals surface area contributed by atoms with E-state index in [1.807, 2.05) is 64.9 Å². The molecule has 1 aromatic heterocycles. The third-order valence-electron chi connectivity index (χ3n) is 6.11. The first-order valence-electron chi connectivity index (χ1n) is 11.9. The molecule has 2 aromatic carbocycles. The van der Waals surface area contributed by atoms with Crippen molar-refractivity contribution in [1.29, 1.82) is 0 Å². The minimum absolute atomic E-state index is 0.00651. The average molecular weight is 490 g/mol. The smallest absolute Gasteiger partial charge is 0.254 e. The number of aromatic nitrogens is 3. The van der Waals surface area contributed by atoms with Gasteiger partial charge in [0.25, 0.3) is 5.91 Å². The Morgan fingerprint density at radius 1 is 1.20 bits per heavy atom. The zero-order valence-electron chi connectivity index (χ0n) is 20.2. The van der Waals surface area contributed by atoms with Crippen molar-refractivity contribution in [3.63, 3.8) is 0 Å². The van der Waals surface area contributed by atoms with Gasteiger partial charge in [0.15, 0.2) is 11.0 Å². The Balaban J connectivity index is 1.47. The Kier molecular flexibility index (Phi) is 8.02. The van der Waals surface area contributed by atoms with E-state index in [1.54, 1.807) is 6.08 Å². The highest BCUT2D eigenvalue weighted by molar-refractivity contribution is 7.99. The van der Waals surface area contributed by atoms with Crippen molar-refractivity contribution >= 4 is 29.3 Å². The number of allylic oxidation sites excluding steroid dienone is 1. The lowest BCUT2D eigenvalue weighted by molar-refractivity contribution is -0.113. The van der Waals surface area contributed by atoms with Gasteiger partial charge in [-0.1, -0.05) is 54.6 Å². The summed E-state index contributed by atoms with van der Waals surface area (Å²) >= 11 is 1.34. The maximum atomic E-state index is 13.3. The molecule has 0 saturated carbocycles. The number of carbonyl (C=O) groups excluding carboxylic acids is 2. The highest BCUT2D eigenvalue weighted by Crippen LogP contribution is 2.34. The Morgan fingerprint density at radius 3 is 2.71 bits per heavy atom. The van der Waals surface area contributed by atoms with E-state index in [0.29, 0.717) is 23.8 Å². The summed E-state index contributed by atoms with van der Waals surface area (Å²) in [6.07, 6.45) is 4.48. The van der Waals surface area contributed by atoms with Gasteiger partial charge < -0.3 is 14.8 Å². The molecule has 3 aromatic rings. The third kappa shape index (κ3) is 5.82. The minimum Gasteiger partial charge on any atom is -0.328 e. The van der Waals surface area contributed by atoms with E-state index in [9.17, 15) is 9.59 Å². The van der Waals surface area contributed by atoms with E-state index >= 15 is 0 Å². The summed E-state index contributed by atoms with van der Waals surface area (Å²) in [5, 5.41) is 12.4. The number of nitrogens with one attached hydrogen (secondary N) is 1. The second kappa shape index (κ2) is 11.4. The minimum atomic E-state index is -0.157. The van der Waals surface area contributed by atoms with Crippen LogP contribution < -0.4 is 5.32 Å². The van der Waals surface area contributed by atoms with Crippen LogP contribution in [0.2, 0.25) is 0 Å². The summed E-state index contributed by atoms with van der Waals surface area (Å²) in [5.41, 5.74) is 3.74. The number of rotatable bonds is 9. The van der Waals surface area contributed by atoms with Crippen LogP contribution in [0, 0.1) is 6.92 Å². The highest BCUT2D eigenvalue weighted by Gasteiger charge is 2.34. The zero-order valence-corrected chi connectivity index (χ0v) is 21.1. The summed E-state index contributed by atoms with van der Waals surface area (Å²) in [5.74, 6) is 0.848. The second-order valence-corrected chi connectivity index (χ2v) is 9.60. The van der Waals surface area contributed by atoms with Gasteiger partial charge in [0.1, 0.15) is 0 Å². The molecule has 1 saturated heterocycles. The van der Waals surface area contributed by atoms with Gasteiger partial charge in [-0.05, 0) is 56.0 Å². The van der Waals surface area contributed by atoms with Crippen LogP contribution in [-0.4, -0.2) is 43.8 Å². The van der Waals surface area contributed by atoms with E-state index in [1.165, 1.54) is 17.3 Å². The first-order chi connectivity index (χ1) is 17.0. The molecular formula is C27H31N5O2S. The summed E-state index contributed by atoms with van der Waals surface area (Å²) in [7, 11) is 0. The van der Waals surface area contributed by atoms with E-state index in [-0.39, 0.29) is 23.6 Å². The molecule has 0 bridgehead atoms. The maximum Gasteiger partial charge on any atom is 0.254 e. The van der Waals surface area contributed by atoms with Crippen molar-refractivity contribution in [2.75, 3.05) is 17.6 Å². The Morgan fingerprint density at radius 2 is 2.00 bits per heavy atom. The molecule has 4 rings (SSSR count). The fourth-order valence-corrected chi connectivity index (χ4v) is 5.08. The van der Waals surface area contributed by atoms with Gasteiger partial charge in [0.2, 0.25) is 5.91 Å². The topological polar surface area (TPSA) is 80.1 Å². The van der Waals surface area contributed by atoms with Crippen LogP contribution >= 0.6 is 11.8 Å². The van der Waals surface area contributed by atoms with Crippen LogP contribution in [0.25, 0.3) is 0 Å². The van der Waals surface area contributed by atoms with Crippen LogP contribution in [-0.2, 0) is 17.8 Å². The van der Waals surface area contributed by atoms with E-state index in [4.69, 9.17) is 0 Å². The molecule has 1 fully saturated rings. The number of benzene rings is 2. The molecule has 2 heterocycles. The summed E-state index contributed by atoms with van der Waals surface area (Å²) in [6, 6.07) is 15.4. The monoisotopic (exact) mass is 489 g/mol. The van der Waals surface area contributed by atoms with Gasteiger partial charge >= 0.3 is 0 Å². The van der Waals surface area contributed by atoms with Gasteiger partial charge in [-0.3, -0.25) is 9.59 Å². The lowest BCUT2D eigenvalue weighted by Gasteiger charge is -2.25. The molecule has 182 valence electrons. The fourth-order valence-electron chi connectivity index (χ4n) is 4.33. The Bertz CT molecular complexity index is 1200. The summed E-state index contributed by atoms with van der Waals surface area (Å²) in [6.45, 7) is 9.15. The molecule has 8 heteroatoms. The SMILES string of the molecule is C=CCn1c(SCC(=O)Nc2ccc(CC)cc2)nnc1C1CCCN1C(=O)c1cccc(C)c1. The lowest BCUT2D eigenvalue weighted by Crippen LogP contribution is -2.32. The number of hydrogen-bond donors (Lipinski definition) is 1. The molecule has 1 aliphatic heterocycles. The van der Waals surface area contributed by atoms with E-state index in [0.717, 1.165) is 36.3 Å². The number of nitrogens with zero attached hydrogens (tertiary/aromatic N) is 4. The van der Waals surface area contributed by atoms with Crippen molar-refractivity contribution in [3.8, 4) is 0 Å². The van der Waals surface area contributed by atoms with Gasteiger partial charge in [-0.25, -0.2) is 0 Å². The van der Waals surface area contributed by atoms with E-state index < -0.39 is 0 Å². The number of amides is 2. The normalized spacial score (nSPS) is 15.3. The quantitative estimate of drug-likeness (QED) is 0.336. The Labute approximate surface area is 210 Å². The molecule has 0 radical (unpaired) electrons. The number of likely N-dealkylation sites (tertiary alicyclic amines) is 1. The van der Waals surface area contributed by atoms with Crippen molar-refractivity contribution in [1.82, 2.24) is 19.7 Å². The van der Waals surface area contributed by atoms with Gasteiger partial charge in [0, 0.05) is 24.3 Å². The Hall–Kier alpha value is -3.39. The molecule has 0 aliphatic carbocycles. The molecule has 7 nitrogen and oxygen atoms in total. The first-order valence-corrected chi connectivity index (χ1v) is 12.9. The number of thioether (sulfide) groups is 1. The molecule has 35 heavy (non-hydrogen) atoms. The second-order valence-electron chi connectivity index (χ2n) is 8.65. The number of anilines is 1. The summed E-state index contributed by atoms with van der Waals surface area (Å²) < 4.78 is 1.97. The number of hydrogen-bond acceptors (Lipinski definition) is 5. The van der Waals surface area contributed by atoms with Crippen LogP contribution in [0.4, 0.5) is 5.69 Å². The van der Waals surface area contributed by atoms with Crippen LogP contribution in [0.1, 0.15) is 53.1 Å². The molecular weight excluding hydrogens is 458 g/mol. The van der Waals surface area contributed by atoms with Crippen LogP contribution in [0.5, 0.6) is 0 Å². The highest BCUT2D eigenvalue weighted by atomic mass is 32.2. The zero-order chi connectivity index (χ0) is 24.8. The van der Waals surface area contributed by atoms with E-state index in [2.05, 4.69) is 29.0 Å². The van der Waals surface area contributed by atoms with Gasteiger partial charge in [-0.2, -0.15) is 0 Å². The molecule has 1 atom stereocenters. The standard InChI is InChI=1S/C27H31N5O2S/c1-4-15-32-25(23-10-7-16-31(23)26(34)21-9-6-8-19(3)17-21)29-30-27(32)35-18-24(33)28-22-13-11-20(5-2)12-14-22/h4,6,8-9,11-14,17,23H,1,5,7,10,15-16,18H2,2-3H3,(H,28,33). The summed E-state index contributed by atoms with van der Waals surface area (Å²) in [4.78, 5) is 27.7. The largest absolute Gasteiger partial charge is 0.328 e. The van der Waals surface area contributed by atoms with Crippen molar-refractivity contribution in [2.45, 2.75) is 50.9 Å². The molecule has 1 aliphatic rings. The van der Waals surface area contributed by atoms with Crippen LogP contribution in [0.3, 0.4) is 0 Å². The fraction of sp³-hybridized carbons (Fsp3) is 0.333. The number of aryl methyl sites for hydroxylation is 2. The van der Waals surface area contributed by atoms with Crippen molar-refractivity contribution in [2.24, 2.45) is 0 Å². The van der Waals surface area contributed by atoms with Crippen LogP contribution in [0.15, 0.2) is 66.3 Å². The molecule has 0 spiro atoms. The predicted octanol–water partition coefficient (Wildman–Crippen LogP) is 5.04. The lowest BCUT2D eigenvalue weighted by atomic mass is 10.1. The molecule has 1 N–H and O–H groups in total. The first kappa shape index (κ1) is 24.7. The third-order valence-corrected chi connectivity index (χ3v) is 7.08. The van der Waals surface area contributed by atoms with Gasteiger partial charge in [0.05, 0.1) is 11.8 Å². The van der Waals surface area contributed by atoms with Crippen molar-refractivity contribution in [3.05, 3.63) is 83.7 Å². The predicted molar refractivity (Wildman–Crippen MR) is 140 cm³/mol.